The minimum atomic E-state index is -0.435. The summed E-state index contributed by atoms with van der Waals surface area (Å²) < 4.78 is 15.4. The summed E-state index contributed by atoms with van der Waals surface area (Å²) in [5.41, 5.74) is -0.469. The molecule has 0 radical (unpaired) electrons. The minimum Gasteiger partial charge on any atom is -0.468 e. The molecular weight excluding hydrogens is 196 g/mol. The number of esters is 1. The van der Waals surface area contributed by atoms with E-state index in [4.69, 9.17) is 14.2 Å². The van der Waals surface area contributed by atoms with Crippen LogP contribution in [0.15, 0.2) is 0 Å². The first-order valence-corrected chi connectivity index (χ1v) is 5.45. The summed E-state index contributed by atoms with van der Waals surface area (Å²) >= 11 is 0. The third-order valence-corrected chi connectivity index (χ3v) is 3.77. The van der Waals surface area contributed by atoms with Crippen LogP contribution in [-0.4, -0.2) is 39.5 Å². The molecule has 0 atom stereocenters. The average Bonchev–Trinajstić information content (AvgIpc) is 2.11. The van der Waals surface area contributed by atoms with Gasteiger partial charge in [-0.25, -0.2) is 0 Å². The van der Waals surface area contributed by atoms with E-state index in [0.29, 0.717) is 26.4 Å². The Labute approximate surface area is 89.9 Å². The monoisotopic (exact) mass is 214 g/mol. The van der Waals surface area contributed by atoms with Crippen LogP contribution >= 0.6 is 0 Å². The normalized spacial score (nSPS) is 26.3. The number of hydrogen-bond donors (Lipinski definition) is 0. The molecule has 86 valence electrons. The minimum absolute atomic E-state index is 0.0346. The lowest BCUT2D eigenvalue weighted by Crippen LogP contribution is -2.67. The van der Waals surface area contributed by atoms with Crippen molar-refractivity contribution in [2.24, 2.45) is 10.8 Å². The van der Waals surface area contributed by atoms with Crippen LogP contribution in [0, 0.1) is 10.8 Å². The highest BCUT2D eigenvalue weighted by Crippen LogP contribution is 2.53. The van der Waals surface area contributed by atoms with Crippen molar-refractivity contribution in [3.63, 3.8) is 0 Å². The molecule has 2 aliphatic rings. The maximum absolute atomic E-state index is 11.9. The summed E-state index contributed by atoms with van der Waals surface area (Å²) in [6.07, 6.45) is 2.06. The number of carbonyl (C=O) groups excluding carboxylic acids is 1. The van der Waals surface area contributed by atoms with E-state index >= 15 is 0 Å². The van der Waals surface area contributed by atoms with E-state index in [1.807, 2.05) is 0 Å². The average molecular weight is 214 g/mol. The van der Waals surface area contributed by atoms with E-state index in [2.05, 4.69) is 6.92 Å². The van der Waals surface area contributed by atoms with Crippen molar-refractivity contribution in [3.05, 3.63) is 0 Å². The lowest BCUT2D eigenvalue weighted by Gasteiger charge is -2.57. The molecule has 2 rings (SSSR count). The van der Waals surface area contributed by atoms with Gasteiger partial charge in [-0.2, -0.15) is 0 Å². The van der Waals surface area contributed by atoms with Crippen LogP contribution in [0.5, 0.6) is 0 Å². The van der Waals surface area contributed by atoms with Gasteiger partial charge in [-0.1, -0.05) is 13.3 Å². The van der Waals surface area contributed by atoms with Crippen LogP contribution in [0.3, 0.4) is 0 Å². The predicted molar refractivity (Wildman–Crippen MR) is 53.4 cm³/mol. The molecule has 0 bridgehead atoms. The number of carbonyl (C=O) groups is 1. The van der Waals surface area contributed by atoms with E-state index in [1.54, 1.807) is 0 Å². The molecule has 2 fully saturated rings. The molecule has 0 unspecified atom stereocenters. The lowest BCUT2D eigenvalue weighted by molar-refractivity contribution is -0.270. The molecule has 0 amide bonds. The van der Waals surface area contributed by atoms with Gasteiger partial charge in [0.2, 0.25) is 0 Å². The molecule has 0 saturated carbocycles. The molecule has 0 aromatic heterocycles. The Balaban J connectivity index is 2.20. The number of hydrogen-bond acceptors (Lipinski definition) is 4. The summed E-state index contributed by atoms with van der Waals surface area (Å²) in [5, 5.41) is 0. The topological polar surface area (TPSA) is 44.8 Å². The fourth-order valence-electron chi connectivity index (χ4n) is 2.63. The Bertz CT molecular complexity index is 253. The van der Waals surface area contributed by atoms with Gasteiger partial charge in [-0.05, 0) is 6.42 Å². The van der Waals surface area contributed by atoms with Crippen LogP contribution < -0.4 is 0 Å². The van der Waals surface area contributed by atoms with Crippen LogP contribution in [0.4, 0.5) is 0 Å². The van der Waals surface area contributed by atoms with E-state index in [-0.39, 0.29) is 11.4 Å². The van der Waals surface area contributed by atoms with Crippen molar-refractivity contribution in [2.45, 2.75) is 19.8 Å². The molecule has 0 spiro atoms. The highest BCUT2D eigenvalue weighted by molar-refractivity contribution is 5.79. The van der Waals surface area contributed by atoms with Crippen molar-refractivity contribution in [3.8, 4) is 0 Å². The molecule has 2 saturated heterocycles. The molecule has 2 aliphatic heterocycles. The van der Waals surface area contributed by atoms with E-state index in [9.17, 15) is 4.79 Å². The molecular formula is C11H18O4. The fourth-order valence-corrected chi connectivity index (χ4v) is 2.63. The second-order valence-corrected chi connectivity index (χ2v) is 4.59. The van der Waals surface area contributed by atoms with Gasteiger partial charge in [0.1, 0.15) is 5.41 Å². The Morgan fingerprint density at radius 2 is 1.87 bits per heavy atom. The lowest BCUT2D eigenvalue weighted by atomic mass is 9.58. The maximum Gasteiger partial charge on any atom is 0.317 e. The summed E-state index contributed by atoms with van der Waals surface area (Å²) in [7, 11) is 1.45. The quantitative estimate of drug-likeness (QED) is 0.655. The second-order valence-electron chi connectivity index (χ2n) is 4.59. The van der Waals surface area contributed by atoms with Crippen molar-refractivity contribution in [1.29, 1.82) is 0 Å². The van der Waals surface area contributed by atoms with Gasteiger partial charge in [0, 0.05) is 5.41 Å². The summed E-state index contributed by atoms with van der Waals surface area (Å²) in [4.78, 5) is 11.9. The summed E-state index contributed by atoms with van der Waals surface area (Å²) in [5.74, 6) is -0.134. The van der Waals surface area contributed by atoms with Crippen LogP contribution in [0.25, 0.3) is 0 Å². The Morgan fingerprint density at radius 3 is 2.13 bits per heavy atom. The van der Waals surface area contributed by atoms with Gasteiger partial charge in [-0.15, -0.1) is 0 Å². The van der Waals surface area contributed by atoms with Crippen LogP contribution in [-0.2, 0) is 19.0 Å². The first-order chi connectivity index (χ1) is 7.21. The second kappa shape index (κ2) is 3.76. The van der Waals surface area contributed by atoms with Crippen molar-refractivity contribution < 1.29 is 19.0 Å². The maximum atomic E-state index is 11.9. The molecule has 15 heavy (non-hydrogen) atoms. The molecule has 2 heterocycles. The van der Waals surface area contributed by atoms with Gasteiger partial charge in [0.05, 0.1) is 33.5 Å². The summed E-state index contributed by atoms with van der Waals surface area (Å²) in [6.45, 7) is 4.44. The van der Waals surface area contributed by atoms with Crippen molar-refractivity contribution >= 4 is 5.97 Å². The van der Waals surface area contributed by atoms with Crippen molar-refractivity contribution in [2.75, 3.05) is 33.5 Å². The fraction of sp³-hybridized carbons (Fsp3) is 0.909. The van der Waals surface area contributed by atoms with Crippen molar-refractivity contribution in [1.82, 2.24) is 0 Å². The zero-order valence-corrected chi connectivity index (χ0v) is 9.38. The van der Waals surface area contributed by atoms with E-state index < -0.39 is 5.41 Å². The van der Waals surface area contributed by atoms with Crippen LogP contribution in [0.1, 0.15) is 19.8 Å². The zero-order valence-electron chi connectivity index (χ0n) is 9.38. The first-order valence-electron chi connectivity index (χ1n) is 5.45. The van der Waals surface area contributed by atoms with E-state index in [0.717, 1.165) is 12.8 Å². The highest BCUT2D eigenvalue weighted by Gasteiger charge is 2.64. The van der Waals surface area contributed by atoms with Gasteiger partial charge < -0.3 is 14.2 Å². The standard InChI is InChI=1S/C11H18O4/c1-3-4-10(5-14-6-10)11(7-15-8-11)9(12)13-2/h3-8H2,1-2H3. The number of rotatable bonds is 4. The SMILES string of the molecule is CCCC1(C2(C(=O)OC)COC2)COC1. The van der Waals surface area contributed by atoms with Gasteiger partial charge in [-0.3, -0.25) is 4.79 Å². The third-order valence-electron chi connectivity index (χ3n) is 3.77. The molecule has 0 N–H and O–H groups in total. The molecule has 4 nitrogen and oxygen atoms in total. The predicted octanol–water partition coefficient (Wildman–Crippen LogP) is 0.993. The third kappa shape index (κ3) is 1.31. The Kier molecular flexibility index (Phi) is 2.73. The van der Waals surface area contributed by atoms with Gasteiger partial charge in [0.15, 0.2) is 0 Å². The highest BCUT2D eigenvalue weighted by atomic mass is 16.6. The largest absolute Gasteiger partial charge is 0.468 e. The van der Waals surface area contributed by atoms with E-state index in [1.165, 1.54) is 7.11 Å². The Hall–Kier alpha value is -0.610. The van der Waals surface area contributed by atoms with Crippen LogP contribution in [0.2, 0.25) is 0 Å². The molecule has 0 aliphatic carbocycles. The Morgan fingerprint density at radius 1 is 1.27 bits per heavy atom. The molecule has 4 heteroatoms. The summed E-state index contributed by atoms with van der Waals surface area (Å²) in [6, 6.07) is 0. The smallest absolute Gasteiger partial charge is 0.317 e. The van der Waals surface area contributed by atoms with Gasteiger partial charge in [0.25, 0.3) is 0 Å². The number of ether oxygens (including phenoxy) is 3. The molecule has 0 aromatic rings. The first kappa shape index (κ1) is 10.9. The number of methoxy groups -OCH3 is 1. The van der Waals surface area contributed by atoms with Gasteiger partial charge >= 0.3 is 5.97 Å². The zero-order chi connectivity index (χ0) is 10.9. The molecule has 0 aromatic carbocycles.